The topological polar surface area (TPSA) is 111 Å². The number of ether oxygens (including phenoxy) is 1. The highest BCUT2D eigenvalue weighted by Crippen LogP contribution is 2.57. The van der Waals surface area contributed by atoms with Crippen LogP contribution in [0.25, 0.3) is 0 Å². The molecule has 146 valence electrons. The zero-order chi connectivity index (χ0) is 18.4. The Morgan fingerprint density at radius 2 is 2.15 bits per heavy atom. The highest BCUT2D eigenvalue weighted by atomic mass is 35.5. The van der Waals surface area contributed by atoms with Crippen LogP contribution in [0, 0.1) is 18.3 Å². The third-order valence-corrected chi connectivity index (χ3v) is 5.66. The van der Waals surface area contributed by atoms with Crippen LogP contribution in [0.2, 0.25) is 0 Å². The van der Waals surface area contributed by atoms with Gasteiger partial charge in [0.2, 0.25) is 11.8 Å². The molecular formula is C17H27ClN4O4. The molecule has 3 unspecified atom stereocenters. The van der Waals surface area contributed by atoms with Crippen LogP contribution in [0.3, 0.4) is 0 Å². The third kappa shape index (κ3) is 3.10. The number of amides is 2. The van der Waals surface area contributed by atoms with Gasteiger partial charge in [-0.25, -0.2) is 0 Å². The van der Waals surface area contributed by atoms with E-state index in [4.69, 9.17) is 15.0 Å². The average Bonchev–Trinajstić information content (AvgIpc) is 2.97. The Balaban J connectivity index is 0.00000243. The van der Waals surface area contributed by atoms with Crippen molar-refractivity contribution in [3.05, 3.63) is 11.8 Å². The maximum atomic E-state index is 13.0. The summed E-state index contributed by atoms with van der Waals surface area (Å²) in [5.74, 6) is 0.347. The molecule has 1 saturated heterocycles. The van der Waals surface area contributed by atoms with Crippen LogP contribution in [0.5, 0.6) is 0 Å². The molecule has 9 heteroatoms. The van der Waals surface area contributed by atoms with Crippen molar-refractivity contribution in [2.45, 2.75) is 45.3 Å². The molecule has 0 radical (unpaired) electrons. The number of fused-ring (bicyclic) bond motifs is 1. The molecule has 3 atom stereocenters. The van der Waals surface area contributed by atoms with E-state index < -0.39 is 11.0 Å². The monoisotopic (exact) mass is 386 g/mol. The number of aryl methyl sites for hydroxylation is 1. The number of carbonyl (C=O) groups is 2. The first-order valence-electron chi connectivity index (χ1n) is 8.57. The van der Waals surface area contributed by atoms with Crippen LogP contribution in [0.1, 0.15) is 32.4 Å². The van der Waals surface area contributed by atoms with Crippen molar-refractivity contribution < 1.29 is 18.8 Å². The minimum atomic E-state index is -1.02. The molecule has 1 aliphatic carbocycles. The van der Waals surface area contributed by atoms with Crippen LogP contribution >= 0.6 is 12.4 Å². The molecule has 3 rings (SSSR count). The van der Waals surface area contributed by atoms with Crippen molar-refractivity contribution in [2.75, 3.05) is 25.5 Å². The van der Waals surface area contributed by atoms with Crippen LogP contribution in [0.15, 0.2) is 10.6 Å². The largest absolute Gasteiger partial charge is 0.377 e. The molecule has 1 aliphatic heterocycles. The van der Waals surface area contributed by atoms with E-state index in [2.05, 4.69) is 10.5 Å². The second kappa shape index (κ2) is 7.17. The highest BCUT2D eigenvalue weighted by Gasteiger charge is 2.70. The molecule has 2 fully saturated rings. The standard InChI is InChI=1S/C17H26N4O4.ClH/c1-10-8-12(20-25-10)19-13(22)9-21(4)15(23)17(18)11-6-5-7-24-14(11)16(17,2)3;/h8,11,14H,5-7,9,18H2,1-4H3,(H,19,20,22);1H. The maximum Gasteiger partial charge on any atom is 0.245 e. The zero-order valence-electron chi connectivity index (χ0n) is 15.6. The van der Waals surface area contributed by atoms with Gasteiger partial charge in [-0.05, 0) is 19.8 Å². The lowest BCUT2D eigenvalue weighted by atomic mass is 9.46. The summed E-state index contributed by atoms with van der Waals surface area (Å²) in [6, 6.07) is 1.61. The predicted octanol–water partition coefficient (Wildman–Crippen LogP) is 1.33. The summed E-state index contributed by atoms with van der Waals surface area (Å²) >= 11 is 0. The van der Waals surface area contributed by atoms with Gasteiger partial charge in [-0.3, -0.25) is 9.59 Å². The third-order valence-electron chi connectivity index (χ3n) is 5.66. The summed E-state index contributed by atoms with van der Waals surface area (Å²) in [4.78, 5) is 26.6. The molecule has 2 aliphatic rings. The van der Waals surface area contributed by atoms with Gasteiger partial charge in [-0.1, -0.05) is 19.0 Å². The number of carbonyl (C=O) groups excluding carboxylic acids is 2. The normalized spacial score (nSPS) is 29.0. The van der Waals surface area contributed by atoms with E-state index in [1.54, 1.807) is 20.0 Å². The molecule has 1 aromatic rings. The highest BCUT2D eigenvalue weighted by molar-refractivity contribution is 5.96. The van der Waals surface area contributed by atoms with Gasteiger partial charge >= 0.3 is 0 Å². The summed E-state index contributed by atoms with van der Waals surface area (Å²) in [6.45, 7) is 6.27. The van der Waals surface area contributed by atoms with Crippen molar-refractivity contribution in [3.63, 3.8) is 0 Å². The van der Waals surface area contributed by atoms with Gasteiger partial charge in [-0.2, -0.15) is 0 Å². The first-order chi connectivity index (χ1) is 11.7. The molecule has 0 spiro atoms. The van der Waals surface area contributed by atoms with Crippen molar-refractivity contribution in [1.82, 2.24) is 10.1 Å². The van der Waals surface area contributed by atoms with Gasteiger partial charge in [0.25, 0.3) is 0 Å². The molecule has 0 bridgehead atoms. The number of hydrogen-bond acceptors (Lipinski definition) is 6. The number of hydrogen-bond donors (Lipinski definition) is 2. The number of likely N-dealkylation sites (N-methyl/N-ethyl adjacent to an activating group) is 1. The Morgan fingerprint density at radius 3 is 2.77 bits per heavy atom. The fourth-order valence-corrected chi connectivity index (χ4v) is 4.22. The number of nitrogens with zero attached hydrogens (tertiary/aromatic N) is 2. The van der Waals surface area contributed by atoms with Gasteiger partial charge < -0.3 is 25.2 Å². The Labute approximate surface area is 159 Å². The maximum absolute atomic E-state index is 13.0. The summed E-state index contributed by atoms with van der Waals surface area (Å²) in [6.07, 6.45) is 1.77. The fourth-order valence-electron chi connectivity index (χ4n) is 4.22. The number of nitrogens with one attached hydrogen (secondary N) is 1. The van der Waals surface area contributed by atoms with Crippen LogP contribution < -0.4 is 11.1 Å². The summed E-state index contributed by atoms with van der Waals surface area (Å²) in [5.41, 5.74) is 5.10. The first-order valence-corrected chi connectivity index (χ1v) is 8.57. The Morgan fingerprint density at radius 1 is 1.46 bits per heavy atom. The second-order valence-electron chi connectivity index (χ2n) is 7.66. The van der Waals surface area contributed by atoms with Crippen molar-refractivity contribution in [2.24, 2.45) is 17.1 Å². The molecule has 1 saturated carbocycles. The van der Waals surface area contributed by atoms with Crippen LogP contribution in [0.4, 0.5) is 5.82 Å². The minimum Gasteiger partial charge on any atom is -0.377 e. The predicted molar refractivity (Wildman–Crippen MR) is 97.9 cm³/mol. The van der Waals surface area contributed by atoms with Gasteiger partial charge in [0.05, 0.1) is 12.6 Å². The van der Waals surface area contributed by atoms with Gasteiger partial charge in [0.1, 0.15) is 11.3 Å². The lowest BCUT2D eigenvalue weighted by Gasteiger charge is -2.65. The fraction of sp³-hybridized carbons (Fsp3) is 0.706. The van der Waals surface area contributed by atoms with Crippen molar-refractivity contribution in [1.29, 1.82) is 0 Å². The Hall–Kier alpha value is -1.64. The molecule has 3 N–H and O–H groups in total. The number of aromatic nitrogens is 1. The molecule has 2 heterocycles. The molecule has 0 aromatic carbocycles. The number of anilines is 1. The van der Waals surface area contributed by atoms with E-state index in [9.17, 15) is 9.59 Å². The van der Waals surface area contributed by atoms with Crippen LogP contribution in [-0.4, -0.2) is 53.7 Å². The smallest absolute Gasteiger partial charge is 0.245 e. The molecule has 8 nitrogen and oxygen atoms in total. The summed E-state index contributed by atoms with van der Waals surface area (Å²) < 4.78 is 10.7. The summed E-state index contributed by atoms with van der Waals surface area (Å²) in [5, 5.41) is 6.32. The van der Waals surface area contributed by atoms with E-state index in [0.717, 1.165) is 12.8 Å². The van der Waals surface area contributed by atoms with Gasteiger partial charge in [0, 0.05) is 31.1 Å². The lowest BCUT2D eigenvalue weighted by Crippen LogP contribution is -2.82. The van der Waals surface area contributed by atoms with Gasteiger partial charge in [-0.15, -0.1) is 12.4 Å². The van der Waals surface area contributed by atoms with E-state index >= 15 is 0 Å². The Kier molecular flexibility index (Phi) is 5.70. The zero-order valence-corrected chi connectivity index (χ0v) is 16.4. The van der Waals surface area contributed by atoms with Gasteiger partial charge in [0.15, 0.2) is 5.82 Å². The van der Waals surface area contributed by atoms with Crippen LogP contribution in [-0.2, 0) is 14.3 Å². The Bertz CT molecular complexity index is 692. The quantitative estimate of drug-likeness (QED) is 0.807. The van der Waals surface area contributed by atoms with E-state index in [1.807, 2.05) is 13.8 Å². The number of nitrogens with two attached hydrogens (primary N) is 1. The lowest BCUT2D eigenvalue weighted by molar-refractivity contribution is -0.229. The molecule has 1 aromatic heterocycles. The average molecular weight is 387 g/mol. The van der Waals surface area contributed by atoms with E-state index in [1.165, 1.54) is 4.90 Å². The molecular weight excluding hydrogens is 360 g/mol. The van der Waals surface area contributed by atoms with E-state index in [0.29, 0.717) is 18.2 Å². The van der Waals surface area contributed by atoms with Crippen molar-refractivity contribution >= 4 is 30.0 Å². The first kappa shape index (κ1) is 20.7. The van der Waals surface area contributed by atoms with E-state index in [-0.39, 0.29) is 42.8 Å². The molecule has 26 heavy (non-hydrogen) atoms. The minimum absolute atomic E-state index is 0. The summed E-state index contributed by atoms with van der Waals surface area (Å²) in [7, 11) is 1.59. The number of rotatable bonds is 4. The number of halogens is 1. The SMILES string of the molecule is Cc1cc(NC(=O)CN(C)C(=O)C2(N)C3CCCOC3C2(C)C)no1.Cl. The molecule has 2 amide bonds. The second-order valence-corrected chi connectivity index (χ2v) is 7.66. The van der Waals surface area contributed by atoms with Crippen molar-refractivity contribution in [3.8, 4) is 0 Å².